The van der Waals surface area contributed by atoms with Gasteiger partial charge in [0.15, 0.2) is 0 Å². The van der Waals surface area contributed by atoms with Gasteiger partial charge in [-0.25, -0.2) is 0 Å². The molecule has 2 N–H and O–H groups in total. The number of aryl methyl sites for hydroxylation is 1. The topological polar surface area (TPSA) is 73.9 Å². The van der Waals surface area contributed by atoms with Gasteiger partial charge in [-0.15, -0.1) is 0 Å². The molecular formula is C23H28N4O3. The van der Waals surface area contributed by atoms with Crippen LogP contribution >= 0.6 is 0 Å². The van der Waals surface area contributed by atoms with Crippen molar-refractivity contribution >= 4 is 17.5 Å². The van der Waals surface area contributed by atoms with Gasteiger partial charge in [-0.05, 0) is 42.2 Å². The van der Waals surface area contributed by atoms with Gasteiger partial charge in [-0.1, -0.05) is 30.3 Å². The van der Waals surface area contributed by atoms with Crippen molar-refractivity contribution < 1.29 is 14.3 Å². The van der Waals surface area contributed by atoms with Crippen LogP contribution in [0.25, 0.3) is 0 Å². The number of anilines is 1. The number of ether oxygens (including phenoxy) is 1. The molecule has 2 heterocycles. The molecule has 0 unspecified atom stereocenters. The van der Waals surface area contributed by atoms with Crippen LogP contribution in [0.15, 0.2) is 48.5 Å². The molecular weight excluding hydrogens is 380 g/mol. The minimum absolute atomic E-state index is 0.217. The van der Waals surface area contributed by atoms with Crippen molar-refractivity contribution in [1.29, 1.82) is 0 Å². The molecule has 2 aliphatic rings. The molecule has 1 fully saturated rings. The Balaban J connectivity index is 1.29. The summed E-state index contributed by atoms with van der Waals surface area (Å²) in [5.74, 6) is -0.546. The lowest BCUT2D eigenvalue weighted by Gasteiger charge is -2.30. The maximum Gasteiger partial charge on any atom is 0.269 e. The van der Waals surface area contributed by atoms with Crippen molar-refractivity contribution in [3.63, 3.8) is 0 Å². The lowest BCUT2D eigenvalue weighted by molar-refractivity contribution is -0.120. The molecule has 4 rings (SSSR count). The highest BCUT2D eigenvalue weighted by molar-refractivity contribution is 5.96. The number of rotatable bonds is 5. The molecule has 0 aliphatic carbocycles. The Morgan fingerprint density at radius 2 is 1.80 bits per heavy atom. The van der Waals surface area contributed by atoms with Crippen LogP contribution < -0.4 is 15.8 Å². The first-order valence-electron chi connectivity index (χ1n) is 10.5. The molecule has 1 saturated heterocycles. The van der Waals surface area contributed by atoms with Crippen molar-refractivity contribution in [2.75, 3.05) is 44.3 Å². The van der Waals surface area contributed by atoms with Crippen LogP contribution in [0.4, 0.5) is 5.69 Å². The summed E-state index contributed by atoms with van der Waals surface area (Å²) in [5, 5.41) is 0. The van der Waals surface area contributed by atoms with Crippen LogP contribution in [0.2, 0.25) is 0 Å². The number of fused-ring (bicyclic) bond motifs is 1. The molecule has 7 heteroatoms. The number of hydrazine groups is 1. The number of morpholine rings is 1. The Morgan fingerprint density at radius 3 is 2.67 bits per heavy atom. The van der Waals surface area contributed by atoms with Gasteiger partial charge in [0.25, 0.3) is 11.8 Å². The molecule has 2 aromatic carbocycles. The Morgan fingerprint density at radius 1 is 0.967 bits per heavy atom. The van der Waals surface area contributed by atoms with E-state index in [2.05, 4.69) is 26.7 Å². The average molecular weight is 409 g/mol. The summed E-state index contributed by atoms with van der Waals surface area (Å²) < 4.78 is 5.38. The number of carbonyl (C=O) groups excluding carboxylic acids is 2. The second-order valence-corrected chi connectivity index (χ2v) is 7.75. The number of nitrogens with one attached hydrogen (secondary N) is 2. The van der Waals surface area contributed by atoms with Gasteiger partial charge in [0.2, 0.25) is 0 Å². The summed E-state index contributed by atoms with van der Waals surface area (Å²) in [4.78, 5) is 29.3. The lowest BCUT2D eigenvalue weighted by atomic mass is 10.0. The Hall–Kier alpha value is -2.90. The molecule has 0 bridgehead atoms. The monoisotopic (exact) mass is 408 g/mol. The molecule has 2 aromatic rings. The summed E-state index contributed by atoms with van der Waals surface area (Å²) in [6.07, 6.45) is 2.05. The zero-order valence-corrected chi connectivity index (χ0v) is 17.1. The molecule has 0 spiro atoms. The van der Waals surface area contributed by atoms with E-state index in [1.807, 2.05) is 36.4 Å². The van der Waals surface area contributed by atoms with Gasteiger partial charge in [-0.2, -0.15) is 0 Å². The molecule has 158 valence electrons. The quantitative estimate of drug-likeness (QED) is 0.738. The van der Waals surface area contributed by atoms with E-state index in [-0.39, 0.29) is 18.4 Å². The third-order valence-electron chi connectivity index (χ3n) is 5.56. The zero-order valence-electron chi connectivity index (χ0n) is 17.1. The van der Waals surface area contributed by atoms with Crippen LogP contribution in [-0.4, -0.2) is 56.1 Å². The predicted octanol–water partition coefficient (Wildman–Crippen LogP) is 1.73. The SMILES string of the molecule is O=C(CN1CCCc2ccccc21)NNC(=O)c1cccc(CN2CCOCC2)c1. The third kappa shape index (κ3) is 5.17. The number of benzene rings is 2. The maximum absolute atomic E-state index is 12.5. The highest BCUT2D eigenvalue weighted by atomic mass is 16.5. The molecule has 7 nitrogen and oxygen atoms in total. The zero-order chi connectivity index (χ0) is 20.8. The number of hydrogen-bond donors (Lipinski definition) is 2. The fourth-order valence-electron chi connectivity index (χ4n) is 4.02. The van der Waals surface area contributed by atoms with Crippen LogP contribution in [0.1, 0.15) is 27.9 Å². The maximum atomic E-state index is 12.5. The van der Waals surface area contributed by atoms with Crippen molar-refractivity contribution in [2.24, 2.45) is 0 Å². The normalized spacial score (nSPS) is 16.6. The summed E-state index contributed by atoms with van der Waals surface area (Å²) in [5.41, 5.74) is 9.06. The van der Waals surface area contributed by atoms with Gasteiger partial charge in [0, 0.05) is 37.4 Å². The van der Waals surface area contributed by atoms with Gasteiger partial charge >= 0.3 is 0 Å². The highest BCUT2D eigenvalue weighted by Crippen LogP contribution is 2.26. The Labute approximate surface area is 177 Å². The van der Waals surface area contributed by atoms with Gasteiger partial charge in [0.05, 0.1) is 19.8 Å². The van der Waals surface area contributed by atoms with Gasteiger partial charge < -0.3 is 9.64 Å². The van der Waals surface area contributed by atoms with Gasteiger partial charge in [0.1, 0.15) is 0 Å². The first-order chi connectivity index (χ1) is 14.7. The summed E-state index contributed by atoms with van der Waals surface area (Å²) >= 11 is 0. The number of para-hydroxylation sites is 1. The van der Waals surface area contributed by atoms with Crippen molar-refractivity contribution in [1.82, 2.24) is 15.8 Å². The summed E-state index contributed by atoms with van der Waals surface area (Å²) in [7, 11) is 0. The van der Waals surface area contributed by atoms with Crippen molar-refractivity contribution in [3.8, 4) is 0 Å². The minimum Gasteiger partial charge on any atom is -0.379 e. The molecule has 0 aromatic heterocycles. The second kappa shape index (κ2) is 9.73. The molecule has 2 aliphatic heterocycles. The summed E-state index contributed by atoms with van der Waals surface area (Å²) in [6.45, 7) is 5.11. The molecule has 30 heavy (non-hydrogen) atoms. The average Bonchev–Trinajstić information content (AvgIpc) is 2.78. The van der Waals surface area contributed by atoms with Crippen LogP contribution in [-0.2, 0) is 22.5 Å². The fraction of sp³-hybridized carbons (Fsp3) is 0.391. The fourth-order valence-corrected chi connectivity index (χ4v) is 4.02. The van der Waals surface area contributed by atoms with Crippen molar-refractivity contribution in [3.05, 3.63) is 65.2 Å². The van der Waals surface area contributed by atoms with E-state index in [1.165, 1.54) is 5.56 Å². The van der Waals surface area contributed by atoms with E-state index in [0.717, 1.165) is 63.5 Å². The number of nitrogens with zero attached hydrogens (tertiary/aromatic N) is 2. The highest BCUT2D eigenvalue weighted by Gasteiger charge is 2.19. The largest absolute Gasteiger partial charge is 0.379 e. The predicted molar refractivity (Wildman–Crippen MR) is 115 cm³/mol. The standard InChI is InChI=1S/C23H28N4O3/c28-22(17-27-10-4-8-19-6-1-2-9-21(19)27)24-25-23(29)20-7-3-5-18(15-20)16-26-11-13-30-14-12-26/h1-3,5-7,9,15H,4,8,10-14,16-17H2,(H,24,28)(H,25,29). The lowest BCUT2D eigenvalue weighted by Crippen LogP contribution is -2.47. The van der Waals surface area contributed by atoms with E-state index < -0.39 is 0 Å². The number of carbonyl (C=O) groups is 2. The first-order valence-corrected chi connectivity index (χ1v) is 10.5. The minimum atomic E-state index is -0.314. The molecule has 0 atom stereocenters. The van der Waals surface area contributed by atoms with E-state index in [4.69, 9.17) is 4.74 Å². The second-order valence-electron chi connectivity index (χ2n) is 7.75. The van der Waals surface area contributed by atoms with Crippen LogP contribution in [0.3, 0.4) is 0 Å². The van der Waals surface area contributed by atoms with E-state index in [1.54, 1.807) is 6.07 Å². The van der Waals surface area contributed by atoms with Crippen molar-refractivity contribution in [2.45, 2.75) is 19.4 Å². The van der Waals surface area contributed by atoms with E-state index in [0.29, 0.717) is 5.56 Å². The van der Waals surface area contributed by atoms with E-state index in [9.17, 15) is 9.59 Å². The van der Waals surface area contributed by atoms with Crippen LogP contribution in [0.5, 0.6) is 0 Å². The molecule has 0 radical (unpaired) electrons. The number of hydrogen-bond acceptors (Lipinski definition) is 5. The smallest absolute Gasteiger partial charge is 0.269 e. The molecule has 2 amide bonds. The van der Waals surface area contributed by atoms with E-state index >= 15 is 0 Å². The Kier molecular flexibility index (Phi) is 6.61. The summed E-state index contributed by atoms with van der Waals surface area (Å²) in [6, 6.07) is 15.7. The van der Waals surface area contributed by atoms with Gasteiger partial charge in [-0.3, -0.25) is 25.3 Å². The Bertz CT molecular complexity index is 896. The van der Waals surface area contributed by atoms with Crippen LogP contribution in [0, 0.1) is 0 Å². The molecule has 0 saturated carbocycles. The number of amides is 2. The third-order valence-corrected chi connectivity index (χ3v) is 5.56. The first kappa shape index (κ1) is 20.4.